The normalized spacial score (nSPS) is 18.2. The molecule has 1 unspecified atom stereocenters. The molecule has 8 heteroatoms. The topological polar surface area (TPSA) is 70.5 Å². The van der Waals surface area contributed by atoms with Crippen LogP contribution < -0.4 is 0 Å². The minimum Gasteiger partial charge on any atom is -0.507 e. The highest BCUT2D eigenvalue weighted by Crippen LogP contribution is 2.41. The van der Waals surface area contributed by atoms with Crippen LogP contribution >= 0.6 is 0 Å². The van der Waals surface area contributed by atoms with Crippen molar-refractivity contribution in [3.63, 3.8) is 0 Å². The number of aliphatic hydroxyl groups excluding tert-OH is 1. The Morgan fingerprint density at radius 1 is 0.969 bits per heavy atom. The molecule has 5 nitrogen and oxygen atoms in total. The second-order valence-corrected chi connectivity index (χ2v) is 7.27. The van der Waals surface area contributed by atoms with E-state index >= 15 is 0 Å². The van der Waals surface area contributed by atoms with Gasteiger partial charge in [-0.1, -0.05) is 48.5 Å². The molecule has 0 saturated carbocycles. The van der Waals surface area contributed by atoms with Crippen molar-refractivity contribution < 1.29 is 27.9 Å². The number of ketones is 1. The fraction of sp³-hybridized carbons (Fsp3) is 0.125. The summed E-state index contributed by atoms with van der Waals surface area (Å²) >= 11 is 0. The van der Waals surface area contributed by atoms with Gasteiger partial charge in [-0.25, -0.2) is 0 Å². The first-order chi connectivity index (χ1) is 15.3. The van der Waals surface area contributed by atoms with Gasteiger partial charge in [0.2, 0.25) is 0 Å². The molecular formula is C24H17F3N2O3. The van der Waals surface area contributed by atoms with Gasteiger partial charge in [0.05, 0.1) is 17.2 Å². The maximum absolute atomic E-state index is 13.0. The van der Waals surface area contributed by atoms with Crippen molar-refractivity contribution in [1.29, 1.82) is 0 Å². The van der Waals surface area contributed by atoms with E-state index in [2.05, 4.69) is 4.98 Å². The summed E-state index contributed by atoms with van der Waals surface area (Å²) < 4.78 is 39.1. The van der Waals surface area contributed by atoms with Crippen LogP contribution in [0, 0.1) is 0 Å². The van der Waals surface area contributed by atoms with Gasteiger partial charge in [0.1, 0.15) is 5.76 Å². The number of alkyl halides is 3. The van der Waals surface area contributed by atoms with Crippen LogP contribution in [0.2, 0.25) is 0 Å². The minimum absolute atomic E-state index is 0.00429. The Labute approximate surface area is 181 Å². The van der Waals surface area contributed by atoms with Crippen molar-refractivity contribution >= 4 is 17.4 Å². The molecule has 1 aliphatic heterocycles. The predicted molar refractivity (Wildman–Crippen MR) is 110 cm³/mol. The molecule has 32 heavy (non-hydrogen) atoms. The first-order valence-corrected chi connectivity index (χ1v) is 9.67. The Kier molecular flexibility index (Phi) is 5.52. The molecule has 0 bridgehead atoms. The van der Waals surface area contributed by atoms with E-state index in [0.717, 1.165) is 12.1 Å². The van der Waals surface area contributed by atoms with Crippen LogP contribution in [-0.4, -0.2) is 26.7 Å². The maximum Gasteiger partial charge on any atom is 0.416 e. The van der Waals surface area contributed by atoms with E-state index in [9.17, 15) is 27.9 Å². The van der Waals surface area contributed by atoms with Crippen LogP contribution in [0.25, 0.3) is 5.76 Å². The molecule has 1 aliphatic rings. The molecule has 3 aromatic rings. The smallest absolute Gasteiger partial charge is 0.416 e. The SMILES string of the molecule is O=C1C(=O)N(Cc2cccnc2)C(c2ccc(C(F)(F)F)cc2)/C1=C(/O)c1ccccc1. The summed E-state index contributed by atoms with van der Waals surface area (Å²) in [5.41, 5.74) is 0.201. The molecule has 4 rings (SSSR count). The first kappa shape index (κ1) is 21.3. The van der Waals surface area contributed by atoms with Crippen LogP contribution in [0.4, 0.5) is 13.2 Å². The molecular weight excluding hydrogens is 421 g/mol. The number of hydrogen-bond acceptors (Lipinski definition) is 4. The largest absolute Gasteiger partial charge is 0.507 e. The number of carbonyl (C=O) groups is 2. The van der Waals surface area contributed by atoms with E-state index in [0.29, 0.717) is 11.1 Å². The van der Waals surface area contributed by atoms with E-state index in [1.165, 1.54) is 23.2 Å². The number of rotatable bonds is 4. The van der Waals surface area contributed by atoms with E-state index in [-0.39, 0.29) is 23.4 Å². The van der Waals surface area contributed by atoms with Crippen molar-refractivity contribution in [2.24, 2.45) is 0 Å². The number of amides is 1. The number of benzene rings is 2. The molecule has 2 aromatic carbocycles. The fourth-order valence-electron chi connectivity index (χ4n) is 3.68. The second-order valence-electron chi connectivity index (χ2n) is 7.27. The van der Waals surface area contributed by atoms with Crippen LogP contribution in [0.1, 0.15) is 28.3 Å². The van der Waals surface area contributed by atoms with Crippen LogP contribution in [0.3, 0.4) is 0 Å². The molecule has 162 valence electrons. The average Bonchev–Trinajstić information content (AvgIpc) is 3.04. The Bertz CT molecular complexity index is 1170. The Hall–Kier alpha value is -3.94. The quantitative estimate of drug-likeness (QED) is 0.364. The van der Waals surface area contributed by atoms with Gasteiger partial charge in [-0.3, -0.25) is 14.6 Å². The van der Waals surface area contributed by atoms with E-state index in [4.69, 9.17) is 0 Å². The van der Waals surface area contributed by atoms with Crippen LogP contribution in [0.15, 0.2) is 84.7 Å². The third-order valence-electron chi connectivity index (χ3n) is 5.22. The van der Waals surface area contributed by atoms with Crippen LogP contribution in [-0.2, 0) is 22.3 Å². The lowest BCUT2D eigenvalue weighted by molar-refractivity contribution is -0.140. The van der Waals surface area contributed by atoms with Crippen molar-refractivity contribution in [1.82, 2.24) is 9.88 Å². The minimum atomic E-state index is -4.53. The lowest BCUT2D eigenvalue weighted by Crippen LogP contribution is -2.29. The first-order valence-electron chi connectivity index (χ1n) is 9.67. The number of pyridine rings is 1. The van der Waals surface area contributed by atoms with E-state index in [1.807, 2.05) is 0 Å². The molecule has 1 saturated heterocycles. The zero-order chi connectivity index (χ0) is 22.9. The van der Waals surface area contributed by atoms with Gasteiger partial charge in [-0.15, -0.1) is 0 Å². The number of nitrogens with zero attached hydrogens (tertiary/aromatic N) is 2. The number of halogens is 3. The lowest BCUT2D eigenvalue weighted by Gasteiger charge is -2.25. The summed E-state index contributed by atoms with van der Waals surface area (Å²) in [5, 5.41) is 10.9. The summed E-state index contributed by atoms with van der Waals surface area (Å²) in [4.78, 5) is 31.1. The molecule has 1 atom stereocenters. The number of Topliss-reactive ketones (excluding diaryl/α,β-unsaturated/α-hetero) is 1. The van der Waals surface area contributed by atoms with Gasteiger partial charge in [0.25, 0.3) is 11.7 Å². The number of aliphatic hydroxyl groups is 1. The van der Waals surface area contributed by atoms with Crippen molar-refractivity contribution in [3.8, 4) is 0 Å². The molecule has 1 amide bonds. The number of likely N-dealkylation sites (tertiary alicyclic amines) is 1. The lowest BCUT2D eigenvalue weighted by atomic mass is 9.94. The summed E-state index contributed by atoms with van der Waals surface area (Å²) in [7, 11) is 0. The third-order valence-corrected chi connectivity index (χ3v) is 5.22. The standard InChI is InChI=1S/C24H17F3N2O3/c25-24(26,27)18-10-8-16(9-11-18)20-19(21(30)17-6-2-1-3-7-17)22(31)23(32)29(20)14-15-5-4-12-28-13-15/h1-13,20,30H,14H2/b21-19-. The van der Waals surface area contributed by atoms with Crippen molar-refractivity contribution in [2.75, 3.05) is 0 Å². The van der Waals surface area contributed by atoms with E-state index in [1.54, 1.807) is 48.7 Å². The highest BCUT2D eigenvalue weighted by Gasteiger charge is 2.46. The molecule has 1 aromatic heterocycles. The Morgan fingerprint density at radius 3 is 2.25 bits per heavy atom. The van der Waals surface area contributed by atoms with Crippen LogP contribution in [0.5, 0.6) is 0 Å². The Balaban J connectivity index is 1.85. The molecule has 2 heterocycles. The van der Waals surface area contributed by atoms with Gasteiger partial charge in [0, 0.05) is 24.5 Å². The number of carbonyl (C=O) groups excluding carboxylic acids is 2. The molecule has 1 N–H and O–H groups in total. The van der Waals surface area contributed by atoms with Crippen molar-refractivity contribution in [3.05, 3.63) is 107 Å². The highest BCUT2D eigenvalue weighted by atomic mass is 19.4. The summed E-state index contributed by atoms with van der Waals surface area (Å²) in [6.07, 6.45) is -1.44. The molecule has 0 spiro atoms. The average molecular weight is 438 g/mol. The maximum atomic E-state index is 13.0. The zero-order valence-corrected chi connectivity index (χ0v) is 16.6. The third kappa shape index (κ3) is 3.99. The van der Waals surface area contributed by atoms with Gasteiger partial charge < -0.3 is 10.0 Å². The summed E-state index contributed by atoms with van der Waals surface area (Å²) in [5.74, 6) is -2.14. The summed E-state index contributed by atoms with van der Waals surface area (Å²) in [6.45, 7) is -0.00429. The molecule has 0 aliphatic carbocycles. The monoisotopic (exact) mass is 438 g/mol. The summed E-state index contributed by atoms with van der Waals surface area (Å²) in [6, 6.07) is 14.7. The number of hydrogen-bond donors (Lipinski definition) is 1. The van der Waals surface area contributed by atoms with Gasteiger partial charge in [-0.2, -0.15) is 13.2 Å². The second kappa shape index (κ2) is 8.30. The zero-order valence-electron chi connectivity index (χ0n) is 16.6. The molecule has 1 fully saturated rings. The fourth-order valence-corrected chi connectivity index (χ4v) is 3.68. The highest BCUT2D eigenvalue weighted by molar-refractivity contribution is 6.46. The Morgan fingerprint density at radius 2 is 1.66 bits per heavy atom. The van der Waals surface area contributed by atoms with E-state index < -0.39 is 29.5 Å². The molecule has 0 radical (unpaired) electrons. The van der Waals surface area contributed by atoms with Gasteiger partial charge in [0.15, 0.2) is 0 Å². The van der Waals surface area contributed by atoms with Gasteiger partial charge >= 0.3 is 6.18 Å². The number of aromatic nitrogens is 1. The van der Waals surface area contributed by atoms with Gasteiger partial charge in [-0.05, 0) is 29.3 Å². The predicted octanol–water partition coefficient (Wildman–Crippen LogP) is 4.72. The van der Waals surface area contributed by atoms with Crippen molar-refractivity contribution in [2.45, 2.75) is 18.8 Å².